The van der Waals surface area contributed by atoms with Crippen molar-refractivity contribution in [3.8, 4) is 0 Å². The molecule has 112 valence electrons. The standard InChI is InChI=1S/C13H20FN3O2S/c1-3-11-9-17(7-6-16(11)2)20(18,19)13-5-4-10(15)8-12(13)14/h4-5,8,11H,3,6-7,9,15H2,1-2H3. The third-order valence-electron chi connectivity index (χ3n) is 3.78. The second kappa shape index (κ2) is 5.67. The van der Waals surface area contributed by atoms with E-state index in [0.717, 1.165) is 12.5 Å². The van der Waals surface area contributed by atoms with Gasteiger partial charge in [0.2, 0.25) is 10.0 Å². The number of halogens is 1. The van der Waals surface area contributed by atoms with Crippen LogP contribution >= 0.6 is 0 Å². The molecule has 0 saturated carbocycles. The van der Waals surface area contributed by atoms with E-state index in [1.165, 1.54) is 16.4 Å². The van der Waals surface area contributed by atoms with E-state index in [0.29, 0.717) is 19.6 Å². The van der Waals surface area contributed by atoms with Crippen LogP contribution < -0.4 is 5.73 Å². The molecule has 2 N–H and O–H groups in total. The summed E-state index contributed by atoms with van der Waals surface area (Å²) in [5, 5.41) is 0. The molecule has 0 radical (unpaired) electrons. The van der Waals surface area contributed by atoms with Gasteiger partial charge in [-0.1, -0.05) is 6.92 Å². The number of hydrogen-bond donors (Lipinski definition) is 1. The third kappa shape index (κ3) is 2.79. The van der Waals surface area contributed by atoms with Crippen LogP contribution in [0.2, 0.25) is 0 Å². The van der Waals surface area contributed by atoms with E-state index in [-0.39, 0.29) is 16.6 Å². The van der Waals surface area contributed by atoms with Gasteiger partial charge in [-0.25, -0.2) is 12.8 Å². The van der Waals surface area contributed by atoms with Gasteiger partial charge in [-0.05, 0) is 31.7 Å². The van der Waals surface area contributed by atoms with E-state index in [1.54, 1.807) is 0 Å². The number of nitrogen functional groups attached to an aromatic ring is 1. The van der Waals surface area contributed by atoms with Crippen LogP contribution in [0.25, 0.3) is 0 Å². The molecule has 1 aliphatic heterocycles. The average molecular weight is 301 g/mol. The molecule has 0 aliphatic carbocycles. The van der Waals surface area contributed by atoms with E-state index in [1.807, 2.05) is 14.0 Å². The van der Waals surface area contributed by atoms with Crippen LogP contribution in [0.5, 0.6) is 0 Å². The monoisotopic (exact) mass is 301 g/mol. The Kier molecular flexibility index (Phi) is 4.31. The van der Waals surface area contributed by atoms with E-state index in [9.17, 15) is 12.8 Å². The van der Waals surface area contributed by atoms with Crippen molar-refractivity contribution in [1.29, 1.82) is 0 Å². The van der Waals surface area contributed by atoms with Gasteiger partial charge in [0.05, 0.1) is 0 Å². The first kappa shape index (κ1) is 15.2. The SMILES string of the molecule is CCC1CN(S(=O)(=O)c2ccc(N)cc2F)CCN1C. The van der Waals surface area contributed by atoms with Gasteiger partial charge in [-0.3, -0.25) is 0 Å². The van der Waals surface area contributed by atoms with E-state index in [2.05, 4.69) is 4.90 Å². The van der Waals surface area contributed by atoms with Crippen molar-refractivity contribution >= 4 is 15.7 Å². The molecule has 1 atom stereocenters. The van der Waals surface area contributed by atoms with Crippen LogP contribution in [0, 0.1) is 5.82 Å². The van der Waals surface area contributed by atoms with Crippen molar-refractivity contribution in [1.82, 2.24) is 9.21 Å². The highest BCUT2D eigenvalue weighted by molar-refractivity contribution is 7.89. The van der Waals surface area contributed by atoms with Gasteiger partial charge < -0.3 is 10.6 Å². The van der Waals surface area contributed by atoms with Crippen LogP contribution in [-0.4, -0.2) is 50.3 Å². The highest BCUT2D eigenvalue weighted by Gasteiger charge is 2.33. The smallest absolute Gasteiger partial charge is 0.246 e. The zero-order chi connectivity index (χ0) is 14.9. The zero-order valence-corrected chi connectivity index (χ0v) is 12.5. The van der Waals surface area contributed by atoms with Crippen LogP contribution in [0.15, 0.2) is 23.1 Å². The second-order valence-corrected chi connectivity index (χ2v) is 7.00. The largest absolute Gasteiger partial charge is 0.399 e. The lowest BCUT2D eigenvalue weighted by atomic mass is 10.1. The van der Waals surface area contributed by atoms with Gasteiger partial charge in [0, 0.05) is 31.4 Å². The Morgan fingerprint density at radius 2 is 2.10 bits per heavy atom. The van der Waals surface area contributed by atoms with Crippen molar-refractivity contribution in [2.75, 3.05) is 32.4 Å². The maximum Gasteiger partial charge on any atom is 0.246 e. The van der Waals surface area contributed by atoms with Crippen molar-refractivity contribution in [3.63, 3.8) is 0 Å². The lowest BCUT2D eigenvalue weighted by Crippen LogP contribution is -2.52. The van der Waals surface area contributed by atoms with E-state index < -0.39 is 15.8 Å². The molecule has 0 spiro atoms. The first-order valence-electron chi connectivity index (χ1n) is 6.61. The van der Waals surface area contributed by atoms with Gasteiger partial charge in [0.25, 0.3) is 0 Å². The summed E-state index contributed by atoms with van der Waals surface area (Å²) in [6.07, 6.45) is 0.854. The predicted molar refractivity (Wildman–Crippen MR) is 76.3 cm³/mol. The number of anilines is 1. The molecule has 5 nitrogen and oxygen atoms in total. The lowest BCUT2D eigenvalue weighted by molar-refractivity contribution is 0.144. The molecule has 1 aromatic carbocycles. The first-order valence-corrected chi connectivity index (χ1v) is 8.05. The fourth-order valence-corrected chi connectivity index (χ4v) is 3.96. The molecule has 1 heterocycles. The number of nitrogens with zero attached hydrogens (tertiary/aromatic N) is 2. The fraction of sp³-hybridized carbons (Fsp3) is 0.538. The first-order chi connectivity index (χ1) is 9.36. The molecular weight excluding hydrogens is 281 g/mol. The van der Waals surface area contributed by atoms with E-state index >= 15 is 0 Å². The molecule has 0 aromatic heterocycles. The summed E-state index contributed by atoms with van der Waals surface area (Å²) >= 11 is 0. The Bertz CT molecular complexity index is 591. The Hall–Kier alpha value is -1.18. The number of sulfonamides is 1. The van der Waals surface area contributed by atoms with Crippen LogP contribution in [0.1, 0.15) is 13.3 Å². The molecule has 20 heavy (non-hydrogen) atoms. The number of hydrogen-bond acceptors (Lipinski definition) is 4. The van der Waals surface area contributed by atoms with Crippen molar-refractivity contribution in [2.24, 2.45) is 0 Å². The highest BCUT2D eigenvalue weighted by Crippen LogP contribution is 2.24. The Morgan fingerprint density at radius 1 is 1.40 bits per heavy atom. The summed E-state index contributed by atoms with van der Waals surface area (Å²) in [6, 6.07) is 3.85. The lowest BCUT2D eigenvalue weighted by Gasteiger charge is -2.38. The van der Waals surface area contributed by atoms with Crippen molar-refractivity contribution in [2.45, 2.75) is 24.3 Å². The molecule has 2 rings (SSSR count). The molecule has 1 unspecified atom stereocenters. The molecule has 1 aromatic rings. The summed E-state index contributed by atoms with van der Waals surface area (Å²) in [6.45, 7) is 3.42. The zero-order valence-electron chi connectivity index (χ0n) is 11.7. The van der Waals surface area contributed by atoms with Crippen LogP contribution in [0.3, 0.4) is 0 Å². The Labute approximate surface area is 119 Å². The summed E-state index contributed by atoms with van der Waals surface area (Å²) in [5.74, 6) is -0.794. The van der Waals surface area contributed by atoms with Gasteiger partial charge in [0.15, 0.2) is 0 Å². The molecule has 0 bridgehead atoms. The number of nitrogens with two attached hydrogens (primary N) is 1. The molecule has 0 amide bonds. The van der Waals surface area contributed by atoms with Gasteiger partial charge >= 0.3 is 0 Å². The Balaban J connectivity index is 2.31. The topological polar surface area (TPSA) is 66.6 Å². The normalized spacial score (nSPS) is 22.1. The minimum absolute atomic E-state index is 0.162. The molecular formula is C13H20FN3O2S. The van der Waals surface area contributed by atoms with Crippen molar-refractivity contribution in [3.05, 3.63) is 24.0 Å². The summed E-state index contributed by atoms with van der Waals surface area (Å²) in [5.41, 5.74) is 5.67. The number of benzene rings is 1. The quantitative estimate of drug-likeness (QED) is 0.850. The molecule has 7 heteroatoms. The fourth-order valence-electron chi connectivity index (χ4n) is 2.44. The maximum absolute atomic E-state index is 13.9. The minimum atomic E-state index is -3.80. The predicted octanol–water partition coefficient (Wildman–Crippen LogP) is 1.12. The van der Waals surface area contributed by atoms with Crippen molar-refractivity contribution < 1.29 is 12.8 Å². The van der Waals surface area contributed by atoms with Gasteiger partial charge in [-0.2, -0.15) is 4.31 Å². The van der Waals surface area contributed by atoms with Gasteiger partial charge in [0.1, 0.15) is 10.7 Å². The average Bonchev–Trinajstić information content (AvgIpc) is 2.38. The molecule has 1 saturated heterocycles. The summed E-state index contributed by atoms with van der Waals surface area (Å²) in [7, 11) is -1.83. The number of piperazine rings is 1. The number of rotatable bonds is 3. The Morgan fingerprint density at radius 3 is 2.70 bits per heavy atom. The maximum atomic E-state index is 13.9. The summed E-state index contributed by atoms with van der Waals surface area (Å²) < 4.78 is 40.2. The second-order valence-electron chi connectivity index (χ2n) is 5.10. The highest BCUT2D eigenvalue weighted by atomic mass is 32.2. The molecule has 1 fully saturated rings. The summed E-state index contributed by atoms with van der Waals surface area (Å²) in [4.78, 5) is 1.83. The van der Waals surface area contributed by atoms with Gasteiger partial charge in [-0.15, -0.1) is 0 Å². The van der Waals surface area contributed by atoms with Crippen LogP contribution in [-0.2, 0) is 10.0 Å². The third-order valence-corrected chi connectivity index (χ3v) is 5.68. The number of likely N-dealkylation sites (N-methyl/N-ethyl adjacent to an activating group) is 1. The minimum Gasteiger partial charge on any atom is -0.399 e. The van der Waals surface area contributed by atoms with E-state index in [4.69, 9.17) is 5.73 Å². The van der Waals surface area contributed by atoms with Crippen LogP contribution in [0.4, 0.5) is 10.1 Å². The molecule has 1 aliphatic rings.